The minimum Gasteiger partial charge on any atom is -0.133 e. The van der Waals surface area contributed by atoms with Gasteiger partial charge in [0.2, 0.25) is 0 Å². The largest absolute Gasteiger partial charge is 0.133 e. The second-order valence-electron chi connectivity index (χ2n) is 4.93. The standard InChI is InChI=1S/C16H26/c1-3-5-6-8-12-15(11-4-2)16-13-9-7-10-14-16/h7,9,11,15-16H,2-3,5-6,8,10,12-14H2,1H3. The summed E-state index contributed by atoms with van der Waals surface area (Å²) in [6, 6.07) is 0. The van der Waals surface area contributed by atoms with E-state index in [4.69, 9.17) is 0 Å². The van der Waals surface area contributed by atoms with Crippen LogP contribution in [0, 0.1) is 11.8 Å². The fourth-order valence-electron chi connectivity index (χ4n) is 2.62. The first-order valence-corrected chi connectivity index (χ1v) is 6.89. The van der Waals surface area contributed by atoms with Crippen LogP contribution in [-0.4, -0.2) is 0 Å². The van der Waals surface area contributed by atoms with E-state index in [9.17, 15) is 0 Å². The first-order valence-electron chi connectivity index (χ1n) is 6.89. The van der Waals surface area contributed by atoms with E-state index in [2.05, 4.69) is 37.5 Å². The van der Waals surface area contributed by atoms with Gasteiger partial charge in [-0.3, -0.25) is 0 Å². The van der Waals surface area contributed by atoms with Crippen molar-refractivity contribution in [1.82, 2.24) is 0 Å². The smallest absolute Gasteiger partial charge is 0.0126 e. The molecule has 0 saturated heterocycles. The highest BCUT2D eigenvalue weighted by atomic mass is 14.2. The maximum atomic E-state index is 3.74. The molecule has 0 aromatic heterocycles. The summed E-state index contributed by atoms with van der Waals surface area (Å²) in [5.41, 5.74) is 3.01. The van der Waals surface area contributed by atoms with Crippen LogP contribution in [0.5, 0.6) is 0 Å². The van der Waals surface area contributed by atoms with Crippen LogP contribution < -0.4 is 0 Å². The van der Waals surface area contributed by atoms with E-state index in [1.54, 1.807) is 0 Å². The van der Waals surface area contributed by atoms with Gasteiger partial charge in [-0.05, 0) is 43.6 Å². The first-order chi connectivity index (χ1) is 7.88. The molecule has 0 amide bonds. The SMILES string of the molecule is C=C=CC(CCCCCC)C1CC=CCC1. The number of hydrogen-bond acceptors (Lipinski definition) is 0. The van der Waals surface area contributed by atoms with Crippen LogP contribution in [0.15, 0.2) is 30.5 Å². The van der Waals surface area contributed by atoms with Gasteiger partial charge in [-0.2, -0.15) is 0 Å². The molecule has 0 fully saturated rings. The zero-order valence-electron chi connectivity index (χ0n) is 10.8. The van der Waals surface area contributed by atoms with Gasteiger partial charge in [-0.1, -0.05) is 51.3 Å². The van der Waals surface area contributed by atoms with Crippen molar-refractivity contribution in [3.63, 3.8) is 0 Å². The maximum absolute atomic E-state index is 3.74. The second kappa shape index (κ2) is 8.42. The normalized spacial score (nSPS) is 21.4. The van der Waals surface area contributed by atoms with E-state index in [1.165, 1.54) is 51.4 Å². The van der Waals surface area contributed by atoms with Gasteiger partial charge in [0.15, 0.2) is 0 Å². The molecule has 0 aromatic rings. The van der Waals surface area contributed by atoms with Crippen molar-refractivity contribution in [3.05, 3.63) is 30.5 Å². The van der Waals surface area contributed by atoms with Gasteiger partial charge in [0.05, 0.1) is 0 Å². The van der Waals surface area contributed by atoms with Crippen molar-refractivity contribution in [1.29, 1.82) is 0 Å². The molecule has 0 aromatic carbocycles. The van der Waals surface area contributed by atoms with Gasteiger partial charge in [-0.25, -0.2) is 0 Å². The van der Waals surface area contributed by atoms with Crippen LogP contribution in [0.4, 0.5) is 0 Å². The topological polar surface area (TPSA) is 0 Å². The van der Waals surface area contributed by atoms with E-state index in [0.29, 0.717) is 0 Å². The van der Waals surface area contributed by atoms with Crippen molar-refractivity contribution < 1.29 is 0 Å². The first kappa shape index (κ1) is 13.3. The van der Waals surface area contributed by atoms with E-state index >= 15 is 0 Å². The van der Waals surface area contributed by atoms with E-state index < -0.39 is 0 Å². The highest BCUT2D eigenvalue weighted by molar-refractivity contribution is 4.97. The molecule has 2 unspecified atom stereocenters. The van der Waals surface area contributed by atoms with Crippen LogP contribution in [0.2, 0.25) is 0 Å². The third-order valence-electron chi connectivity index (χ3n) is 3.64. The molecule has 0 N–H and O–H groups in total. The van der Waals surface area contributed by atoms with Crippen LogP contribution in [-0.2, 0) is 0 Å². The van der Waals surface area contributed by atoms with Gasteiger partial charge in [-0.15, -0.1) is 5.73 Å². The minimum atomic E-state index is 0.722. The molecule has 0 radical (unpaired) electrons. The maximum Gasteiger partial charge on any atom is -0.0126 e. The fourth-order valence-corrected chi connectivity index (χ4v) is 2.62. The Balaban J connectivity index is 2.34. The average molecular weight is 218 g/mol. The molecular formula is C16H26. The van der Waals surface area contributed by atoms with E-state index in [1.807, 2.05) is 0 Å². The predicted molar refractivity (Wildman–Crippen MR) is 72.4 cm³/mol. The summed E-state index contributed by atoms with van der Waals surface area (Å²) in [7, 11) is 0. The Labute approximate surface area is 101 Å². The Kier molecular flexibility index (Phi) is 7.01. The van der Waals surface area contributed by atoms with Crippen molar-refractivity contribution in [2.24, 2.45) is 11.8 Å². The van der Waals surface area contributed by atoms with Crippen LogP contribution in [0.1, 0.15) is 58.3 Å². The predicted octanol–water partition coefficient (Wildman–Crippen LogP) is 5.27. The molecule has 1 aliphatic rings. The monoisotopic (exact) mass is 218 g/mol. The summed E-state index contributed by atoms with van der Waals surface area (Å²) in [6.07, 6.45) is 17.6. The van der Waals surface area contributed by atoms with Crippen LogP contribution >= 0.6 is 0 Å². The molecule has 0 bridgehead atoms. The Bertz CT molecular complexity index is 243. The van der Waals surface area contributed by atoms with Crippen molar-refractivity contribution in [2.45, 2.75) is 58.3 Å². The lowest BCUT2D eigenvalue weighted by atomic mass is 9.80. The molecule has 0 spiro atoms. The molecule has 0 heterocycles. The lowest BCUT2D eigenvalue weighted by Crippen LogP contribution is -2.14. The summed E-state index contributed by atoms with van der Waals surface area (Å²) >= 11 is 0. The summed E-state index contributed by atoms with van der Waals surface area (Å²) in [5.74, 6) is 1.57. The van der Waals surface area contributed by atoms with Crippen LogP contribution in [0.3, 0.4) is 0 Å². The van der Waals surface area contributed by atoms with Gasteiger partial charge < -0.3 is 0 Å². The Morgan fingerprint density at radius 2 is 2.25 bits per heavy atom. The van der Waals surface area contributed by atoms with Gasteiger partial charge in [0, 0.05) is 0 Å². The number of unbranched alkanes of at least 4 members (excludes halogenated alkanes) is 3. The molecular weight excluding hydrogens is 192 g/mol. The highest BCUT2D eigenvalue weighted by Crippen LogP contribution is 2.30. The summed E-state index contributed by atoms with van der Waals surface area (Å²) in [6.45, 7) is 6.01. The average Bonchev–Trinajstić information content (AvgIpc) is 2.34. The number of rotatable bonds is 7. The molecule has 0 nitrogen and oxygen atoms in total. The van der Waals surface area contributed by atoms with Gasteiger partial charge in [0.25, 0.3) is 0 Å². The third-order valence-corrected chi connectivity index (χ3v) is 3.64. The zero-order chi connectivity index (χ0) is 11.6. The Hall–Kier alpha value is -0.740. The van der Waals surface area contributed by atoms with Crippen molar-refractivity contribution >= 4 is 0 Å². The molecule has 0 heteroatoms. The summed E-state index contributed by atoms with van der Waals surface area (Å²) < 4.78 is 0. The minimum absolute atomic E-state index is 0.722. The van der Waals surface area contributed by atoms with Gasteiger partial charge >= 0.3 is 0 Å². The summed E-state index contributed by atoms with van der Waals surface area (Å²) in [4.78, 5) is 0. The molecule has 1 rings (SSSR count). The second-order valence-corrected chi connectivity index (χ2v) is 4.93. The summed E-state index contributed by atoms with van der Waals surface area (Å²) in [5, 5.41) is 0. The van der Waals surface area contributed by atoms with Gasteiger partial charge in [0.1, 0.15) is 0 Å². The number of hydrogen-bond donors (Lipinski definition) is 0. The quantitative estimate of drug-likeness (QED) is 0.310. The van der Waals surface area contributed by atoms with Crippen molar-refractivity contribution in [2.75, 3.05) is 0 Å². The molecule has 16 heavy (non-hydrogen) atoms. The van der Waals surface area contributed by atoms with E-state index in [0.717, 1.165) is 11.8 Å². The fraction of sp³-hybridized carbons (Fsp3) is 0.688. The molecule has 0 aliphatic heterocycles. The lowest BCUT2D eigenvalue weighted by molar-refractivity contribution is 0.337. The Morgan fingerprint density at radius 3 is 2.88 bits per heavy atom. The zero-order valence-corrected chi connectivity index (χ0v) is 10.8. The lowest BCUT2D eigenvalue weighted by Gasteiger charge is -2.25. The number of allylic oxidation sites excluding steroid dienone is 3. The molecule has 0 saturated carbocycles. The highest BCUT2D eigenvalue weighted by Gasteiger charge is 2.18. The molecule has 2 atom stereocenters. The molecule has 1 aliphatic carbocycles. The third kappa shape index (κ3) is 4.86. The van der Waals surface area contributed by atoms with E-state index in [-0.39, 0.29) is 0 Å². The molecule has 90 valence electrons. The van der Waals surface area contributed by atoms with Crippen LogP contribution in [0.25, 0.3) is 0 Å². The van der Waals surface area contributed by atoms with Crippen molar-refractivity contribution in [3.8, 4) is 0 Å². The Morgan fingerprint density at radius 1 is 1.38 bits per heavy atom.